The lowest BCUT2D eigenvalue weighted by Crippen LogP contribution is -2.62. The Balaban J connectivity index is 1.60. The predicted octanol–water partition coefficient (Wildman–Crippen LogP) is 1.23. The molecule has 3 rings (SSSR count). The lowest BCUT2D eigenvalue weighted by atomic mass is 10.1. The summed E-state index contributed by atoms with van der Waals surface area (Å²) in [4.78, 5) is 24.5. The van der Waals surface area contributed by atoms with E-state index in [0.29, 0.717) is 25.5 Å². The molecule has 1 aliphatic heterocycles. The van der Waals surface area contributed by atoms with Crippen LogP contribution in [0.2, 0.25) is 0 Å². The van der Waals surface area contributed by atoms with Crippen molar-refractivity contribution in [2.75, 3.05) is 19.7 Å². The first kappa shape index (κ1) is 15.9. The summed E-state index contributed by atoms with van der Waals surface area (Å²) in [6.07, 6.45) is 0. The molecule has 0 saturated carbocycles. The number of nitrogens with two attached hydrogens (primary N) is 1. The van der Waals surface area contributed by atoms with Crippen molar-refractivity contribution in [3.8, 4) is 17.1 Å². The van der Waals surface area contributed by atoms with E-state index in [0.717, 1.165) is 11.3 Å². The van der Waals surface area contributed by atoms with Crippen molar-refractivity contribution in [2.45, 2.75) is 13.0 Å². The number of ether oxygens (including phenoxy) is 1. The van der Waals surface area contributed by atoms with Gasteiger partial charge in [-0.25, -0.2) is 4.79 Å². The van der Waals surface area contributed by atoms with E-state index in [1.54, 1.807) is 6.07 Å². The molecule has 0 atom stereocenters. The third-order valence-corrected chi connectivity index (χ3v) is 3.72. The van der Waals surface area contributed by atoms with E-state index in [4.69, 9.17) is 15.0 Å². The Morgan fingerprint density at radius 1 is 1.38 bits per heavy atom. The Hall–Kier alpha value is -3.03. The molecule has 0 radical (unpaired) electrons. The van der Waals surface area contributed by atoms with E-state index in [2.05, 4.69) is 10.5 Å². The van der Waals surface area contributed by atoms with Gasteiger partial charge in [-0.15, -0.1) is 0 Å². The molecular formula is C16H18N4O4. The number of carbonyl (C=O) groups is 2. The Morgan fingerprint density at radius 3 is 2.71 bits per heavy atom. The van der Waals surface area contributed by atoms with Crippen LogP contribution in [0.4, 0.5) is 4.79 Å². The highest BCUT2D eigenvalue weighted by Crippen LogP contribution is 2.23. The van der Waals surface area contributed by atoms with Crippen molar-refractivity contribution in [3.63, 3.8) is 0 Å². The summed E-state index contributed by atoms with van der Waals surface area (Å²) >= 11 is 0. The van der Waals surface area contributed by atoms with Crippen LogP contribution < -0.4 is 15.8 Å². The monoisotopic (exact) mass is 330 g/mol. The molecule has 1 fully saturated rings. The number of likely N-dealkylation sites (tertiary alicyclic amines) is 1. The SMILES string of the molecule is CCOc1ccc(-c2cc(C(=O)NC3CN(C(N)=O)C3)no2)cc1. The molecule has 0 aliphatic carbocycles. The molecule has 1 aromatic carbocycles. The fraction of sp³-hybridized carbons (Fsp3) is 0.312. The van der Waals surface area contributed by atoms with Gasteiger partial charge in [0.05, 0.1) is 12.6 Å². The van der Waals surface area contributed by atoms with Crippen LogP contribution in [0.25, 0.3) is 11.3 Å². The second-order valence-corrected chi connectivity index (χ2v) is 5.45. The molecule has 1 aliphatic rings. The lowest BCUT2D eigenvalue weighted by Gasteiger charge is -2.37. The van der Waals surface area contributed by atoms with Crippen molar-refractivity contribution >= 4 is 11.9 Å². The van der Waals surface area contributed by atoms with Crippen LogP contribution >= 0.6 is 0 Å². The largest absolute Gasteiger partial charge is 0.494 e. The smallest absolute Gasteiger partial charge is 0.314 e. The van der Waals surface area contributed by atoms with Crippen LogP contribution in [-0.4, -0.2) is 47.7 Å². The Morgan fingerprint density at radius 2 is 2.08 bits per heavy atom. The molecule has 8 heteroatoms. The van der Waals surface area contributed by atoms with Crippen LogP contribution in [0.1, 0.15) is 17.4 Å². The van der Waals surface area contributed by atoms with Crippen LogP contribution in [0.3, 0.4) is 0 Å². The predicted molar refractivity (Wildman–Crippen MR) is 85.5 cm³/mol. The topological polar surface area (TPSA) is 111 Å². The summed E-state index contributed by atoms with van der Waals surface area (Å²) < 4.78 is 10.6. The average Bonchev–Trinajstić information content (AvgIpc) is 3.01. The molecule has 3 N–H and O–H groups in total. The Kier molecular flexibility index (Phi) is 4.37. The average molecular weight is 330 g/mol. The minimum atomic E-state index is -0.486. The summed E-state index contributed by atoms with van der Waals surface area (Å²) in [6.45, 7) is 3.33. The summed E-state index contributed by atoms with van der Waals surface area (Å²) in [5, 5.41) is 6.57. The van der Waals surface area contributed by atoms with Gasteiger partial charge in [0.25, 0.3) is 5.91 Å². The number of benzene rings is 1. The fourth-order valence-corrected chi connectivity index (χ4v) is 2.41. The number of aromatic nitrogens is 1. The second kappa shape index (κ2) is 6.61. The van der Waals surface area contributed by atoms with Crippen molar-refractivity contribution in [1.82, 2.24) is 15.4 Å². The number of nitrogens with zero attached hydrogens (tertiary/aromatic N) is 2. The molecule has 0 unspecified atom stereocenters. The van der Waals surface area contributed by atoms with E-state index in [-0.39, 0.29) is 17.6 Å². The van der Waals surface area contributed by atoms with Gasteiger partial charge in [0, 0.05) is 24.7 Å². The van der Waals surface area contributed by atoms with Gasteiger partial charge in [0.15, 0.2) is 11.5 Å². The van der Waals surface area contributed by atoms with Gasteiger partial charge in [-0.1, -0.05) is 5.16 Å². The molecule has 2 aromatic rings. The van der Waals surface area contributed by atoms with E-state index in [1.807, 2.05) is 31.2 Å². The number of carbonyl (C=O) groups excluding carboxylic acids is 2. The normalized spacial score (nSPS) is 14.1. The van der Waals surface area contributed by atoms with Crippen LogP contribution in [0.5, 0.6) is 5.75 Å². The van der Waals surface area contributed by atoms with Gasteiger partial charge < -0.3 is 25.2 Å². The maximum atomic E-state index is 12.1. The molecule has 24 heavy (non-hydrogen) atoms. The Bertz CT molecular complexity index is 735. The van der Waals surface area contributed by atoms with Gasteiger partial charge in [-0.2, -0.15) is 0 Å². The van der Waals surface area contributed by atoms with E-state index < -0.39 is 6.03 Å². The number of primary amides is 1. The zero-order chi connectivity index (χ0) is 17.1. The summed E-state index contributed by atoms with van der Waals surface area (Å²) in [7, 11) is 0. The van der Waals surface area contributed by atoms with Gasteiger partial charge in [-0.3, -0.25) is 4.79 Å². The summed E-state index contributed by atoms with van der Waals surface area (Å²) in [5.74, 6) is 0.920. The van der Waals surface area contributed by atoms with Gasteiger partial charge in [0.2, 0.25) is 0 Å². The highest BCUT2D eigenvalue weighted by Gasteiger charge is 2.31. The number of rotatable bonds is 5. The highest BCUT2D eigenvalue weighted by molar-refractivity contribution is 5.93. The maximum Gasteiger partial charge on any atom is 0.314 e. The van der Waals surface area contributed by atoms with Crippen LogP contribution in [-0.2, 0) is 0 Å². The van der Waals surface area contributed by atoms with Crippen molar-refractivity contribution in [2.24, 2.45) is 5.73 Å². The minimum Gasteiger partial charge on any atom is -0.494 e. The van der Waals surface area contributed by atoms with Crippen molar-refractivity contribution in [3.05, 3.63) is 36.0 Å². The second-order valence-electron chi connectivity index (χ2n) is 5.45. The standard InChI is InChI=1S/C16H18N4O4/c1-2-23-12-5-3-10(4-6-12)14-7-13(19-24-14)15(21)18-11-8-20(9-11)16(17)22/h3-7,11H,2,8-9H2,1H3,(H2,17,22)(H,18,21). The molecule has 126 valence electrons. The van der Waals surface area contributed by atoms with E-state index >= 15 is 0 Å². The number of hydrogen-bond donors (Lipinski definition) is 2. The van der Waals surface area contributed by atoms with Crippen molar-refractivity contribution < 1.29 is 18.8 Å². The fourth-order valence-electron chi connectivity index (χ4n) is 2.41. The molecule has 1 saturated heterocycles. The molecule has 2 heterocycles. The highest BCUT2D eigenvalue weighted by atomic mass is 16.5. The molecule has 3 amide bonds. The zero-order valence-corrected chi connectivity index (χ0v) is 13.2. The molecule has 1 aromatic heterocycles. The van der Waals surface area contributed by atoms with Gasteiger partial charge in [0.1, 0.15) is 5.75 Å². The summed E-state index contributed by atoms with van der Waals surface area (Å²) in [6, 6.07) is 8.31. The van der Waals surface area contributed by atoms with Crippen LogP contribution in [0, 0.1) is 0 Å². The first-order valence-corrected chi connectivity index (χ1v) is 7.62. The first-order valence-electron chi connectivity index (χ1n) is 7.62. The first-order chi connectivity index (χ1) is 11.6. The number of urea groups is 1. The number of nitrogens with one attached hydrogen (secondary N) is 1. The summed E-state index contributed by atoms with van der Waals surface area (Å²) in [5.41, 5.74) is 6.13. The maximum absolute atomic E-state index is 12.1. The quantitative estimate of drug-likeness (QED) is 0.856. The minimum absolute atomic E-state index is 0.115. The van der Waals surface area contributed by atoms with Crippen LogP contribution in [0.15, 0.2) is 34.9 Å². The molecule has 0 spiro atoms. The van der Waals surface area contributed by atoms with Gasteiger partial charge >= 0.3 is 6.03 Å². The third-order valence-electron chi connectivity index (χ3n) is 3.72. The van der Waals surface area contributed by atoms with Crippen molar-refractivity contribution in [1.29, 1.82) is 0 Å². The molecular weight excluding hydrogens is 312 g/mol. The van der Waals surface area contributed by atoms with Gasteiger partial charge in [-0.05, 0) is 31.2 Å². The van der Waals surface area contributed by atoms with E-state index in [9.17, 15) is 9.59 Å². The third kappa shape index (κ3) is 3.32. The zero-order valence-electron chi connectivity index (χ0n) is 13.2. The lowest BCUT2D eigenvalue weighted by molar-refractivity contribution is 0.0852. The molecule has 8 nitrogen and oxygen atoms in total. The number of hydrogen-bond acceptors (Lipinski definition) is 5. The molecule has 0 bridgehead atoms. The Labute approximate surface area is 138 Å². The number of amides is 3. The van der Waals surface area contributed by atoms with E-state index in [1.165, 1.54) is 4.90 Å².